The van der Waals surface area contributed by atoms with Crippen molar-refractivity contribution in [3.63, 3.8) is 0 Å². The number of nitrogens with one attached hydrogen (secondary N) is 1. The molecule has 2 aromatic rings. The van der Waals surface area contributed by atoms with Crippen molar-refractivity contribution in [2.75, 3.05) is 0 Å². The summed E-state index contributed by atoms with van der Waals surface area (Å²) in [5.74, 6) is 0.379. The Hall–Kier alpha value is -2.04. The number of hydrogen-bond donors (Lipinski definition) is 1. The Labute approximate surface area is 220 Å². The molecule has 0 saturated heterocycles. The van der Waals surface area contributed by atoms with Crippen LogP contribution in [0.15, 0.2) is 42.5 Å². The summed E-state index contributed by atoms with van der Waals surface area (Å²) in [6.45, 7) is 6.62. The maximum Gasteiger partial charge on any atom is 0.243 e. The van der Waals surface area contributed by atoms with Gasteiger partial charge in [0.05, 0.1) is 10.0 Å². The van der Waals surface area contributed by atoms with Crippen molar-refractivity contribution in [1.82, 2.24) is 10.2 Å². The Bertz CT molecular complexity index is 985. The molecule has 0 radical (unpaired) electrons. The highest BCUT2D eigenvalue weighted by molar-refractivity contribution is 6.42. The van der Waals surface area contributed by atoms with Crippen LogP contribution in [0.3, 0.4) is 0 Å². The van der Waals surface area contributed by atoms with Crippen LogP contribution in [0.1, 0.15) is 88.3 Å². The van der Waals surface area contributed by atoms with Gasteiger partial charge in [0.15, 0.2) is 0 Å². The quantitative estimate of drug-likeness (QED) is 0.359. The average molecular weight is 518 g/mol. The van der Waals surface area contributed by atoms with Gasteiger partial charge in [-0.05, 0) is 60.4 Å². The summed E-state index contributed by atoms with van der Waals surface area (Å²) in [5.41, 5.74) is 3.27. The lowest BCUT2D eigenvalue weighted by molar-refractivity contribution is -0.141. The highest BCUT2D eigenvalue weighted by atomic mass is 35.5. The second kappa shape index (κ2) is 13.3. The fraction of sp³-hybridized carbons (Fsp3) is 0.517. The zero-order chi connectivity index (χ0) is 25.4. The lowest BCUT2D eigenvalue weighted by atomic mass is 9.95. The Kier molecular flexibility index (Phi) is 10.5. The van der Waals surface area contributed by atoms with Crippen LogP contribution in [-0.4, -0.2) is 28.8 Å². The van der Waals surface area contributed by atoms with Gasteiger partial charge >= 0.3 is 0 Å². The van der Waals surface area contributed by atoms with E-state index in [-0.39, 0.29) is 17.9 Å². The second-order valence-corrected chi connectivity index (χ2v) is 10.7. The van der Waals surface area contributed by atoms with Crippen molar-refractivity contribution in [3.8, 4) is 0 Å². The number of carbonyl (C=O) groups is 2. The third-order valence-electron chi connectivity index (χ3n) is 6.95. The molecule has 2 aromatic carbocycles. The lowest BCUT2D eigenvalue weighted by Gasteiger charge is -2.33. The van der Waals surface area contributed by atoms with E-state index in [1.54, 1.807) is 17.0 Å². The van der Waals surface area contributed by atoms with E-state index in [1.165, 1.54) is 12.0 Å². The predicted molar refractivity (Wildman–Crippen MR) is 145 cm³/mol. The van der Waals surface area contributed by atoms with E-state index in [2.05, 4.69) is 43.4 Å². The summed E-state index contributed by atoms with van der Waals surface area (Å²) in [6.07, 6.45) is 7.06. The molecule has 6 heteroatoms. The van der Waals surface area contributed by atoms with Gasteiger partial charge in [0.2, 0.25) is 11.8 Å². The molecule has 4 nitrogen and oxygen atoms in total. The molecule has 1 atom stereocenters. The topological polar surface area (TPSA) is 49.4 Å². The summed E-state index contributed by atoms with van der Waals surface area (Å²) in [6, 6.07) is 13.5. The van der Waals surface area contributed by atoms with Crippen molar-refractivity contribution in [3.05, 3.63) is 69.2 Å². The van der Waals surface area contributed by atoms with Crippen LogP contribution in [0.4, 0.5) is 0 Å². The van der Waals surface area contributed by atoms with Gasteiger partial charge in [0.25, 0.3) is 0 Å². The Balaban J connectivity index is 1.76. The fourth-order valence-electron chi connectivity index (χ4n) is 4.76. The molecule has 0 aliphatic heterocycles. The van der Waals surface area contributed by atoms with Gasteiger partial charge in [-0.2, -0.15) is 0 Å². The highest BCUT2D eigenvalue weighted by Gasteiger charge is 2.30. The second-order valence-electron chi connectivity index (χ2n) is 9.93. The molecule has 0 aromatic heterocycles. The number of amides is 2. The van der Waals surface area contributed by atoms with Crippen LogP contribution in [-0.2, 0) is 22.6 Å². The summed E-state index contributed by atoms with van der Waals surface area (Å²) in [7, 11) is 0. The van der Waals surface area contributed by atoms with Crippen molar-refractivity contribution < 1.29 is 9.59 Å². The molecule has 1 aliphatic carbocycles. The first-order chi connectivity index (χ1) is 16.8. The summed E-state index contributed by atoms with van der Waals surface area (Å²) in [4.78, 5) is 28.6. The minimum Gasteiger partial charge on any atom is -0.352 e. The zero-order valence-corrected chi connectivity index (χ0v) is 22.7. The van der Waals surface area contributed by atoms with Crippen molar-refractivity contribution >= 4 is 35.0 Å². The first kappa shape index (κ1) is 27.5. The maximum atomic E-state index is 13.5. The molecule has 1 aliphatic rings. The van der Waals surface area contributed by atoms with Crippen LogP contribution >= 0.6 is 23.2 Å². The standard InChI is InChI=1S/C29H38Cl2N2O2/c1-4-27(29(35)32-24-8-6-5-7-9-24)33(19-22-12-16-25(30)26(31)18-22)28(34)17-13-21-10-14-23(15-11-21)20(2)3/h10-12,14-16,18,20,24,27H,4-9,13,17,19H2,1-3H3,(H,32,35). The number of aryl methyl sites for hydroxylation is 1. The SMILES string of the molecule is CCC(C(=O)NC1CCCCC1)N(Cc1ccc(Cl)c(Cl)c1)C(=O)CCc1ccc(C(C)C)cc1. The minimum absolute atomic E-state index is 0.0327. The molecule has 190 valence electrons. The monoisotopic (exact) mass is 516 g/mol. The van der Waals surface area contributed by atoms with E-state index in [4.69, 9.17) is 23.2 Å². The Morgan fingerprint density at radius 2 is 1.63 bits per heavy atom. The van der Waals surface area contributed by atoms with Crippen LogP contribution in [0.5, 0.6) is 0 Å². The third-order valence-corrected chi connectivity index (χ3v) is 7.69. The van der Waals surface area contributed by atoms with Crippen molar-refractivity contribution in [2.45, 2.75) is 96.7 Å². The zero-order valence-electron chi connectivity index (χ0n) is 21.2. The molecule has 0 bridgehead atoms. The molecule has 3 rings (SSSR count). The third kappa shape index (κ3) is 7.98. The Morgan fingerprint density at radius 3 is 2.23 bits per heavy atom. The summed E-state index contributed by atoms with van der Waals surface area (Å²) in [5, 5.41) is 4.14. The smallest absolute Gasteiger partial charge is 0.243 e. The summed E-state index contributed by atoms with van der Waals surface area (Å²) < 4.78 is 0. The first-order valence-corrected chi connectivity index (χ1v) is 13.7. The van der Waals surface area contributed by atoms with Crippen LogP contribution in [0, 0.1) is 0 Å². The van der Waals surface area contributed by atoms with Crippen molar-refractivity contribution in [1.29, 1.82) is 0 Å². The number of nitrogens with zero attached hydrogens (tertiary/aromatic N) is 1. The van der Waals surface area contributed by atoms with E-state index >= 15 is 0 Å². The van der Waals surface area contributed by atoms with Gasteiger partial charge in [0, 0.05) is 19.0 Å². The molecule has 1 unspecified atom stereocenters. The predicted octanol–water partition coefficient (Wildman–Crippen LogP) is 7.31. The average Bonchev–Trinajstić information content (AvgIpc) is 2.85. The number of halogens is 2. The number of benzene rings is 2. The maximum absolute atomic E-state index is 13.5. The molecule has 1 fully saturated rings. The molecule has 35 heavy (non-hydrogen) atoms. The normalized spacial score (nSPS) is 15.1. The van der Waals surface area contributed by atoms with Gasteiger partial charge < -0.3 is 10.2 Å². The van der Waals surface area contributed by atoms with E-state index < -0.39 is 6.04 Å². The van der Waals surface area contributed by atoms with E-state index in [9.17, 15) is 9.59 Å². The first-order valence-electron chi connectivity index (χ1n) is 12.9. The van der Waals surface area contributed by atoms with Crippen LogP contribution in [0.25, 0.3) is 0 Å². The molecule has 0 spiro atoms. The lowest BCUT2D eigenvalue weighted by Crippen LogP contribution is -2.51. The molecular formula is C29H38Cl2N2O2. The highest BCUT2D eigenvalue weighted by Crippen LogP contribution is 2.25. The van der Waals surface area contributed by atoms with Crippen molar-refractivity contribution in [2.24, 2.45) is 0 Å². The number of hydrogen-bond acceptors (Lipinski definition) is 2. The molecular weight excluding hydrogens is 479 g/mol. The van der Waals surface area contributed by atoms with Gasteiger partial charge in [-0.1, -0.05) is 93.6 Å². The molecule has 2 amide bonds. The van der Waals surface area contributed by atoms with Gasteiger partial charge in [-0.3, -0.25) is 9.59 Å². The molecule has 0 heterocycles. The van der Waals surface area contributed by atoms with E-state index in [0.717, 1.165) is 36.8 Å². The fourth-order valence-corrected chi connectivity index (χ4v) is 5.08. The van der Waals surface area contributed by atoms with Crippen LogP contribution in [0.2, 0.25) is 10.0 Å². The largest absolute Gasteiger partial charge is 0.352 e. The summed E-state index contributed by atoms with van der Waals surface area (Å²) >= 11 is 12.3. The Morgan fingerprint density at radius 1 is 0.971 bits per heavy atom. The molecule has 1 N–H and O–H groups in total. The van der Waals surface area contributed by atoms with E-state index in [1.807, 2.05) is 13.0 Å². The van der Waals surface area contributed by atoms with Gasteiger partial charge in [-0.15, -0.1) is 0 Å². The number of rotatable bonds is 10. The van der Waals surface area contributed by atoms with Gasteiger partial charge in [-0.25, -0.2) is 0 Å². The number of carbonyl (C=O) groups excluding carboxylic acids is 2. The van der Waals surface area contributed by atoms with Gasteiger partial charge in [0.1, 0.15) is 6.04 Å². The minimum atomic E-state index is -0.526. The molecule has 1 saturated carbocycles. The van der Waals surface area contributed by atoms with Crippen LogP contribution < -0.4 is 5.32 Å². The van der Waals surface area contributed by atoms with E-state index in [0.29, 0.717) is 41.8 Å².